The fourth-order valence-corrected chi connectivity index (χ4v) is 4.15. The van der Waals surface area contributed by atoms with Crippen molar-refractivity contribution in [2.24, 2.45) is 5.92 Å². The number of rotatable bonds is 7. The lowest BCUT2D eigenvalue weighted by Crippen LogP contribution is -2.27. The molecule has 2 nitrogen and oxygen atoms in total. The predicted molar refractivity (Wildman–Crippen MR) is 114 cm³/mol. The molecule has 0 radical (unpaired) electrons. The van der Waals surface area contributed by atoms with Gasteiger partial charge in [0, 0.05) is 24.7 Å². The largest absolute Gasteiger partial charge is 0.294 e. The van der Waals surface area contributed by atoms with E-state index in [1.54, 1.807) is 0 Å². The standard InChI is InChI=1S/C25H23ClN2/c26-24-13-11-21(12-14-24)17-28(16-20-7-3-1-4-8-20)18-23-15-25(23,19-27)22-9-5-2-6-10-22/h1-14,23H,15-18H2/t23-,25+/m1/s1. The molecule has 1 saturated carbocycles. The third kappa shape index (κ3) is 4.12. The van der Waals surface area contributed by atoms with Gasteiger partial charge in [0.05, 0.1) is 11.5 Å². The molecule has 1 aliphatic rings. The van der Waals surface area contributed by atoms with Crippen molar-refractivity contribution in [3.63, 3.8) is 0 Å². The number of hydrogen-bond acceptors (Lipinski definition) is 2. The topological polar surface area (TPSA) is 27.0 Å². The van der Waals surface area contributed by atoms with E-state index in [0.717, 1.165) is 36.6 Å². The van der Waals surface area contributed by atoms with Crippen LogP contribution in [0, 0.1) is 17.2 Å². The second-order valence-corrected chi connectivity index (χ2v) is 8.07. The first kappa shape index (κ1) is 18.7. The van der Waals surface area contributed by atoms with Gasteiger partial charge in [0.2, 0.25) is 0 Å². The van der Waals surface area contributed by atoms with E-state index in [1.807, 2.05) is 36.4 Å². The lowest BCUT2D eigenvalue weighted by atomic mass is 9.94. The molecule has 0 amide bonds. The molecule has 3 aromatic carbocycles. The molecule has 1 aliphatic carbocycles. The molecule has 0 N–H and O–H groups in total. The van der Waals surface area contributed by atoms with Crippen molar-refractivity contribution in [3.05, 3.63) is 107 Å². The molecular formula is C25H23ClN2. The van der Waals surface area contributed by atoms with Crippen molar-refractivity contribution in [1.29, 1.82) is 5.26 Å². The molecular weight excluding hydrogens is 364 g/mol. The SMILES string of the molecule is N#C[C@]1(c2ccccc2)C[C@@H]1CN(Cc1ccccc1)Cc1ccc(Cl)cc1. The highest BCUT2D eigenvalue weighted by atomic mass is 35.5. The molecule has 4 rings (SSSR count). The van der Waals surface area contributed by atoms with Gasteiger partial charge in [-0.3, -0.25) is 4.90 Å². The first-order valence-corrected chi connectivity index (χ1v) is 10.0. The summed E-state index contributed by atoms with van der Waals surface area (Å²) in [5.74, 6) is 0.357. The van der Waals surface area contributed by atoms with Gasteiger partial charge in [-0.2, -0.15) is 5.26 Å². The summed E-state index contributed by atoms with van der Waals surface area (Å²) in [6.07, 6.45) is 0.930. The lowest BCUT2D eigenvalue weighted by molar-refractivity contribution is 0.241. The fraction of sp³-hybridized carbons (Fsp3) is 0.240. The Bertz CT molecular complexity index is 947. The van der Waals surface area contributed by atoms with Crippen LogP contribution < -0.4 is 0 Å². The van der Waals surface area contributed by atoms with Crippen molar-refractivity contribution in [3.8, 4) is 6.07 Å². The van der Waals surface area contributed by atoms with E-state index in [1.165, 1.54) is 11.1 Å². The van der Waals surface area contributed by atoms with Crippen LogP contribution in [-0.2, 0) is 18.5 Å². The van der Waals surface area contributed by atoms with Crippen LogP contribution in [0.2, 0.25) is 5.02 Å². The molecule has 2 atom stereocenters. The van der Waals surface area contributed by atoms with E-state index >= 15 is 0 Å². The van der Waals surface area contributed by atoms with Crippen LogP contribution in [0.1, 0.15) is 23.1 Å². The Labute approximate surface area is 172 Å². The van der Waals surface area contributed by atoms with Crippen LogP contribution in [0.4, 0.5) is 0 Å². The number of hydrogen-bond donors (Lipinski definition) is 0. The van der Waals surface area contributed by atoms with Crippen LogP contribution in [0.3, 0.4) is 0 Å². The molecule has 0 aromatic heterocycles. The number of halogens is 1. The minimum absolute atomic E-state index is 0.337. The van der Waals surface area contributed by atoms with Gasteiger partial charge >= 0.3 is 0 Å². The molecule has 0 saturated heterocycles. The normalized spacial score (nSPS) is 20.7. The van der Waals surface area contributed by atoms with Gasteiger partial charge in [0.25, 0.3) is 0 Å². The van der Waals surface area contributed by atoms with Crippen molar-refractivity contribution < 1.29 is 0 Å². The van der Waals surface area contributed by atoms with E-state index in [0.29, 0.717) is 5.92 Å². The highest BCUT2D eigenvalue weighted by molar-refractivity contribution is 6.30. The van der Waals surface area contributed by atoms with E-state index < -0.39 is 0 Å². The molecule has 140 valence electrons. The maximum Gasteiger partial charge on any atom is 0.0867 e. The third-order valence-corrected chi connectivity index (χ3v) is 5.89. The molecule has 3 heteroatoms. The van der Waals surface area contributed by atoms with Crippen LogP contribution in [-0.4, -0.2) is 11.4 Å². The predicted octanol–water partition coefficient (Wildman–Crippen LogP) is 5.82. The average molecular weight is 387 g/mol. The van der Waals surface area contributed by atoms with Crippen molar-refractivity contribution in [2.45, 2.75) is 24.9 Å². The minimum Gasteiger partial charge on any atom is -0.294 e. The lowest BCUT2D eigenvalue weighted by Gasteiger charge is -2.24. The van der Waals surface area contributed by atoms with Gasteiger partial charge in [-0.1, -0.05) is 84.4 Å². The third-order valence-electron chi connectivity index (χ3n) is 5.64. The van der Waals surface area contributed by atoms with Crippen molar-refractivity contribution in [1.82, 2.24) is 4.90 Å². The highest BCUT2D eigenvalue weighted by Gasteiger charge is 2.56. The second-order valence-electron chi connectivity index (χ2n) is 7.63. The van der Waals surface area contributed by atoms with Gasteiger partial charge in [0.15, 0.2) is 0 Å². The van der Waals surface area contributed by atoms with E-state index in [9.17, 15) is 5.26 Å². The monoisotopic (exact) mass is 386 g/mol. The summed E-state index contributed by atoms with van der Waals surface area (Å²) >= 11 is 6.05. The number of nitrogens with zero attached hydrogens (tertiary/aromatic N) is 2. The summed E-state index contributed by atoms with van der Waals surface area (Å²) < 4.78 is 0. The molecule has 28 heavy (non-hydrogen) atoms. The average Bonchev–Trinajstić information content (AvgIpc) is 3.45. The first-order chi connectivity index (χ1) is 13.7. The molecule has 0 spiro atoms. The molecule has 3 aromatic rings. The Hall–Kier alpha value is -2.60. The summed E-state index contributed by atoms with van der Waals surface area (Å²) in [4.78, 5) is 2.45. The number of benzene rings is 3. The Morgan fingerprint density at radius 1 is 0.857 bits per heavy atom. The number of nitriles is 1. The highest BCUT2D eigenvalue weighted by Crippen LogP contribution is 2.54. The van der Waals surface area contributed by atoms with Crippen molar-refractivity contribution in [2.75, 3.05) is 6.54 Å². The first-order valence-electron chi connectivity index (χ1n) is 9.67. The zero-order chi connectivity index (χ0) is 19.4. The minimum atomic E-state index is -0.337. The molecule has 0 bridgehead atoms. The Morgan fingerprint density at radius 3 is 2.04 bits per heavy atom. The van der Waals surface area contributed by atoms with Gasteiger partial charge < -0.3 is 0 Å². The van der Waals surface area contributed by atoms with E-state index in [4.69, 9.17) is 11.6 Å². The molecule has 0 aliphatic heterocycles. The van der Waals surface area contributed by atoms with Gasteiger partial charge in [-0.15, -0.1) is 0 Å². The Kier molecular flexibility index (Phi) is 5.48. The van der Waals surface area contributed by atoms with Gasteiger partial charge in [-0.05, 0) is 41.2 Å². The van der Waals surface area contributed by atoms with Gasteiger partial charge in [-0.25, -0.2) is 0 Å². The summed E-state index contributed by atoms with van der Waals surface area (Å²) in [7, 11) is 0. The van der Waals surface area contributed by atoms with Gasteiger partial charge in [0.1, 0.15) is 0 Å². The van der Waals surface area contributed by atoms with Crippen LogP contribution in [0.25, 0.3) is 0 Å². The zero-order valence-electron chi connectivity index (χ0n) is 15.8. The maximum absolute atomic E-state index is 9.92. The van der Waals surface area contributed by atoms with Crippen LogP contribution in [0.5, 0.6) is 0 Å². The van der Waals surface area contributed by atoms with E-state index in [2.05, 4.69) is 59.5 Å². The summed E-state index contributed by atoms with van der Waals surface area (Å²) in [6.45, 7) is 2.62. The zero-order valence-corrected chi connectivity index (χ0v) is 16.5. The molecule has 1 fully saturated rings. The van der Waals surface area contributed by atoms with Crippen LogP contribution >= 0.6 is 11.6 Å². The summed E-state index contributed by atoms with van der Waals surface area (Å²) in [5.41, 5.74) is 3.34. The Balaban J connectivity index is 1.52. The molecule has 0 heterocycles. The van der Waals surface area contributed by atoms with Crippen LogP contribution in [0.15, 0.2) is 84.9 Å². The molecule has 0 unspecified atom stereocenters. The summed E-state index contributed by atoms with van der Waals surface area (Å²) in [5, 5.41) is 10.7. The quantitative estimate of drug-likeness (QED) is 0.511. The van der Waals surface area contributed by atoms with Crippen molar-refractivity contribution >= 4 is 11.6 Å². The second kappa shape index (κ2) is 8.19. The summed E-state index contributed by atoms with van der Waals surface area (Å²) in [6, 6.07) is 31.4. The Morgan fingerprint density at radius 2 is 1.43 bits per heavy atom. The smallest absolute Gasteiger partial charge is 0.0867 e. The fourth-order valence-electron chi connectivity index (χ4n) is 4.03. The maximum atomic E-state index is 9.92. The van der Waals surface area contributed by atoms with E-state index in [-0.39, 0.29) is 5.41 Å².